The van der Waals surface area contributed by atoms with Crippen molar-refractivity contribution >= 4 is 11.7 Å². The van der Waals surface area contributed by atoms with Gasteiger partial charge in [-0.1, -0.05) is 0 Å². The summed E-state index contributed by atoms with van der Waals surface area (Å²) in [7, 11) is 0. The van der Waals surface area contributed by atoms with E-state index in [1.165, 1.54) is 6.07 Å². The minimum atomic E-state index is -3.13. The molecular formula is C12H15F3N2O3. The van der Waals surface area contributed by atoms with E-state index in [4.69, 9.17) is 5.11 Å². The predicted octanol–water partition coefficient (Wildman–Crippen LogP) is 2.32. The molecule has 1 aromatic rings. The zero-order chi connectivity index (χ0) is 15.3. The van der Waals surface area contributed by atoms with Crippen molar-refractivity contribution in [2.75, 3.05) is 11.9 Å². The molecule has 0 bridgehead atoms. The highest BCUT2D eigenvalue weighted by Crippen LogP contribution is 2.22. The molecule has 5 nitrogen and oxygen atoms in total. The molecule has 0 aliphatic heterocycles. The average molecular weight is 292 g/mol. The fourth-order valence-corrected chi connectivity index (χ4v) is 1.28. The third-order valence-electron chi connectivity index (χ3n) is 2.25. The molecule has 1 rings (SSSR count). The highest BCUT2D eigenvalue weighted by molar-refractivity contribution is 5.89. The first kappa shape index (κ1) is 16.1. The molecule has 0 aliphatic rings. The van der Waals surface area contributed by atoms with Gasteiger partial charge in [-0.25, -0.2) is 9.18 Å². The van der Waals surface area contributed by atoms with Crippen LogP contribution in [0.25, 0.3) is 0 Å². The van der Waals surface area contributed by atoms with Gasteiger partial charge in [0.1, 0.15) is 0 Å². The Morgan fingerprint density at radius 3 is 2.60 bits per heavy atom. The number of alkyl halides is 2. The number of benzene rings is 1. The van der Waals surface area contributed by atoms with Crippen molar-refractivity contribution < 1.29 is 27.8 Å². The van der Waals surface area contributed by atoms with Crippen LogP contribution in [-0.2, 0) is 0 Å². The van der Waals surface area contributed by atoms with Crippen LogP contribution in [0.5, 0.6) is 5.75 Å². The van der Waals surface area contributed by atoms with Crippen molar-refractivity contribution in [3.05, 3.63) is 24.0 Å². The Bertz CT molecular complexity index is 481. The Morgan fingerprint density at radius 1 is 1.45 bits per heavy atom. The molecule has 0 spiro atoms. The molecule has 0 aliphatic carbocycles. The SMILES string of the molecule is CC(C)(CO)NC(=O)Nc1ccc(OC(F)F)c(F)c1. The topological polar surface area (TPSA) is 70.6 Å². The van der Waals surface area contributed by atoms with Crippen LogP contribution >= 0.6 is 0 Å². The molecular weight excluding hydrogens is 277 g/mol. The van der Waals surface area contributed by atoms with Gasteiger partial charge in [0.05, 0.1) is 12.1 Å². The average Bonchev–Trinajstić information content (AvgIpc) is 2.31. The molecule has 2 amide bonds. The number of halogens is 3. The first-order valence-corrected chi connectivity index (χ1v) is 5.68. The van der Waals surface area contributed by atoms with Crippen molar-refractivity contribution in [1.82, 2.24) is 5.32 Å². The van der Waals surface area contributed by atoms with Crippen molar-refractivity contribution in [2.45, 2.75) is 26.0 Å². The summed E-state index contributed by atoms with van der Waals surface area (Å²) in [6.07, 6.45) is 0. The number of anilines is 1. The summed E-state index contributed by atoms with van der Waals surface area (Å²) in [5, 5.41) is 13.7. The predicted molar refractivity (Wildman–Crippen MR) is 66.4 cm³/mol. The largest absolute Gasteiger partial charge is 0.432 e. The van der Waals surface area contributed by atoms with Gasteiger partial charge in [-0.2, -0.15) is 8.78 Å². The smallest absolute Gasteiger partial charge is 0.387 e. The molecule has 0 unspecified atom stereocenters. The second-order valence-corrected chi connectivity index (χ2v) is 4.64. The number of amides is 2. The Morgan fingerprint density at radius 2 is 2.10 bits per heavy atom. The van der Waals surface area contributed by atoms with Crippen LogP contribution in [0.15, 0.2) is 18.2 Å². The number of nitrogens with one attached hydrogen (secondary N) is 2. The van der Waals surface area contributed by atoms with E-state index in [-0.39, 0.29) is 12.3 Å². The van der Waals surface area contributed by atoms with E-state index in [1.54, 1.807) is 13.8 Å². The van der Waals surface area contributed by atoms with Crippen LogP contribution in [0, 0.1) is 5.82 Å². The highest BCUT2D eigenvalue weighted by Gasteiger charge is 2.19. The molecule has 0 saturated heterocycles. The van der Waals surface area contributed by atoms with E-state index in [1.807, 2.05) is 0 Å². The Labute approximate surface area is 113 Å². The van der Waals surface area contributed by atoms with Crippen molar-refractivity contribution in [3.8, 4) is 5.75 Å². The fraction of sp³-hybridized carbons (Fsp3) is 0.417. The van der Waals surface area contributed by atoms with Crippen LogP contribution in [0.1, 0.15) is 13.8 Å². The van der Waals surface area contributed by atoms with E-state index < -0.39 is 29.7 Å². The highest BCUT2D eigenvalue weighted by atomic mass is 19.3. The monoisotopic (exact) mass is 292 g/mol. The van der Waals surface area contributed by atoms with Gasteiger partial charge in [-0.3, -0.25) is 0 Å². The number of hydrogen-bond acceptors (Lipinski definition) is 3. The van der Waals surface area contributed by atoms with Gasteiger partial charge in [0.25, 0.3) is 0 Å². The summed E-state index contributed by atoms with van der Waals surface area (Å²) in [5.74, 6) is -1.63. The fourth-order valence-electron chi connectivity index (χ4n) is 1.28. The van der Waals surface area contributed by atoms with Gasteiger partial charge in [0, 0.05) is 11.8 Å². The molecule has 112 valence electrons. The van der Waals surface area contributed by atoms with Crippen LogP contribution in [0.3, 0.4) is 0 Å². The van der Waals surface area contributed by atoms with E-state index in [0.717, 1.165) is 12.1 Å². The second-order valence-electron chi connectivity index (χ2n) is 4.64. The Kier molecular flexibility index (Phi) is 5.20. The van der Waals surface area contributed by atoms with Crippen LogP contribution in [0.4, 0.5) is 23.7 Å². The van der Waals surface area contributed by atoms with E-state index in [0.29, 0.717) is 0 Å². The van der Waals surface area contributed by atoms with Crippen molar-refractivity contribution in [1.29, 1.82) is 0 Å². The number of hydrogen-bond donors (Lipinski definition) is 3. The summed E-state index contributed by atoms with van der Waals surface area (Å²) in [6.45, 7) is -0.230. The lowest BCUT2D eigenvalue weighted by Gasteiger charge is -2.23. The third kappa shape index (κ3) is 4.96. The normalized spacial score (nSPS) is 11.3. The van der Waals surface area contributed by atoms with E-state index >= 15 is 0 Å². The Balaban J connectivity index is 2.70. The lowest BCUT2D eigenvalue weighted by Crippen LogP contribution is -2.48. The molecule has 0 atom stereocenters. The number of carbonyl (C=O) groups is 1. The Hall–Kier alpha value is -1.96. The number of urea groups is 1. The zero-order valence-electron chi connectivity index (χ0n) is 10.9. The third-order valence-corrected chi connectivity index (χ3v) is 2.25. The minimum absolute atomic E-state index is 0.0651. The first-order chi connectivity index (χ1) is 9.23. The van der Waals surface area contributed by atoms with E-state index in [9.17, 15) is 18.0 Å². The first-order valence-electron chi connectivity index (χ1n) is 5.68. The number of aliphatic hydroxyl groups is 1. The van der Waals surface area contributed by atoms with Gasteiger partial charge in [-0.05, 0) is 26.0 Å². The molecule has 0 aromatic heterocycles. The lowest BCUT2D eigenvalue weighted by atomic mass is 10.1. The van der Waals surface area contributed by atoms with Gasteiger partial charge in [0.15, 0.2) is 11.6 Å². The zero-order valence-corrected chi connectivity index (χ0v) is 10.9. The van der Waals surface area contributed by atoms with Gasteiger partial charge < -0.3 is 20.5 Å². The van der Waals surface area contributed by atoms with Gasteiger partial charge in [-0.15, -0.1) is 0 Å². The maximum Gasteiger partial charge on any atom is 0.387 e. The van der Waals surface area contributed by atoms with Gasteiger partial charge in [0.2, 0.25) is 0 Å². The second kappa shape index (κ2) is 6.47. The van der Waals surface area contributed by atoms with Crippen LogP contribution < -0.4 is 15.4 Å². The molecule has 3 N–H and O–H groups in total. The number of ether oxygens (including phenoxy) is 1. The summed E-state index contributed by atoms with van der Waals surface area (Å²) in [6, 6.07) is 2.38. The number of aliphatic hydroxyl groups excluding tert-OH is 1. The van der Waals surface area contributed by atoms with Crippen LogP contribution in [0.2, 0.25) is 0 Å². The summed E-state index contributed by atoms with van der Waals surface area (Å²) in [5.41, 5.74) is -0.781. The molecule has 8 heteroatoms. The maximum atomic E-state index is 13.4. The van der Waals surface area contributed by atoms with Crippen molar-refractivity contribution in [3.63, 3.8) is 0 Å². The quantitative estimate of drug-likeness (QED) is 0.780. The molecule has 0 saturated carbocycles. The molecule has 0 radical (unpaired) electrons. The summed E-state index contributed by atoms with van der Waals surface area (Å²) in [4.78, 5) is 11.6. The molecule has 0 fully saturated rings. The maximum absolute atomic E-state index is 13.4. The number of rotatable bonds is 5. The number of carbonyl (C=O) groups excluding carboxylic acids is 1. The molecule has 1 aromatic carbocycles. The molecule has 0 heterocycles. The lowest BCUT2D eigenvalue weighted by molar-refractivity contribution is -0.0521. The van der Waals surface area contributed by atoms with E-state index in [2.05, 4.69) is 15.4 Å². The van der Waals surface area contributed by atoms with Crippen LogP contribution in [-0.4, -0.2) is 29.9 Å². The standard InChI is InChI=1S/C12H15F3N2O3/c1-12(2,6-18)17-11(19)16-7-3-4-9(8(13)5-7)20-10(14)15/h3-5,10,18H,6H2,1-2H3,(H2,16,17,19). The van der Waals surface area contributed by atoms with Crippen molar-refractivity contribution in [2.24, 2.45) is 0 Å². The minimum Gasteiger partial charge on any atom is -0.432 e. The summed E-state index contributed by atoms with van der Waals surface area (Å²) < 4.78 is 41.2. The van der Waals surface area contributed by atoms with Gasteiger partial charge >= 0.3 is 12.6 Å². The molecule has 20 heavy (non-hydrogen) atoms. The summed E-state index contributed by atoms with van der Waals surface area (Å²) >= 11 is 0.